The Hall–Kier alpha value is -0.0800. The van der Waals surface area contributed by atoms with Gasteiger partial charge in [0.2, 0.25) is 0 Å². The molecule has 2 saturated heterocycles. The molecule has 0 amide bonds. The van der Waals surface area contributed by atoms with E-state index in [1.54, 1.807) is 0 Å². The summed E-state index contributed by atoms with van der Waals surface area (Å²) in [5.41, 5.74) is 0.846. The van der Waals surface area contributed by atoms with Crippen molar-refractivity contribution in [3.05, 3.63) is 0 Å². The van der Waals surface area contributed by atoms with Crippen molar-refractivity contribution in [3.63, 3.8) is 0 Å². The van der Waals surface area contributed by atoms with E-state index in [4.69, 9.17) is 0 Å². The van der Waals surface area contributed by atoms with Gasteiger partial charge in [0.05, 0.1) is 0 Å². The smallest absolute Gasteiger partial charge is 0.0125 e. The van der Waals surface area contributed by atoms with Crippen LogP contribution in [-0.2, 0) is 0 Å². The van der Waals surface area contributed by atoms with E-state index in [2.05, 4.69) is 51.3 Å². The zero-order valence-electron chi connectivity index (χ0n) is 15.9. The van der Waals surface area contributed by atoms with E-state index in [9.17, 15) is 0 Å². The highest BCUT2D eigenvalue weighted by molar-refractivity contribution is 4.99. The number of hydrogen-bond donors (Lipinski definition) is 0. The maximum absolute atomic E-state index is 2.87. The quantitative estimate of drug-likeness (QED) is 0.714. The van der Waals surface area contributed by atoms with Crippen LogP contribution in [0.25, 0.3) is 0 Å². The van der Waals surface area contributed by atoms with Gasteiger partial charge in [0.25, 0.3) is 0 Å². The molecule has 3 fully saturated rings. The number of piperidine rings is 1. The molecule has 2 heterocycles. The first kappa shape index (κ1) is 16.8. The van der Waals surface area contributed by atoms with Crippen molar-refractivity contribution in [1.82, 2.24) is 9.80 Å². The predicted octanol–water partition coefficient (Wildman–Crippen LogP) is 4.25. The fourth-order valence-corrected chi connectivity index (χ4v) is 5.16. The lowest BCUT2D eigenvalue weighted by Crippen LogP contribution is -2.46. The molecular weight excluding hydrogens is 268 g/mol. The number of hydrogen-bond acceptors (Lipinski definition) is 2. The largest absolute Gasteiger partial charge is 0.300 e. The molecule has 1 aliphatic carbocycles. The highest BCUT2D eigenvalue weighted by Gasteiger charge is 2.45. The molecule has 0 aromatic heterocycles. The van der Waals surface area contributed by atoms with E-state index in [-0.39, 0.29) is 0 Å². The van der Waals surface area contributed by atoms with Gasteiger partial charge in [-0.3, -0.25) is 4.90 Å². The lowest BCUT2D eigenvalue weighted by Gasteiger charge is -2.42. The third kappa shape index (κ3) is 3.38. The number of likely N-dealkylation sites (tertiary alicyclic amines) is 2. The van der Waals surface area contributed by atoms with E-state index in [1.165, 1.54) is 51.9 Å². The Morgan fingerprint density at radius 2 is 1.41 bits per heavy atom. The fourth-order valence-electron chi connectivity index (χ4n) is 5.16. The summed E-state index contributed by atoms with van der Waals surface area (Å²) in [5.74, 6) is 2.84. The van der Waals surface area contributed by atoms with Crippen LogP contribution in [0.1, 0.15) is 67.2 Å². The highest BCUT2D eigenvalue weighted by Crippen LogP contribution is 2.44. The molecule has 2 heteroatoms. The molecule has 3 aliphatic rings. The average molecular weight is 307 g/mol. The summed E-state index contributed by atoms with van der Waals surface area (Å²) < 4.78 is 0. The van der Waals surface area contributed by atoms with Gasteiger partial charge in [-0.25, -0.2) is 0 Å². The molecule has 1 saturated carbocycles. The molecule has 0 N–H and O–H groups in total. The van der Waals surface area contributed by atoms with Gasteiger partial charge in [0, 0.05) is 31.2 Å². The van der Waals surface area contributed by atoms with Gasteiger partial charge in [-0.15, -0.1) is 0 Å². The summed E-state index contributed by atoms with van der Waals surface area (Å²) in [6.45, 7) is 19.9. The maximum Gasteiger partial charge on any atom is 0.0125 e. The number of nitrogens with zero attached hydrogens (tertiary/aromatic N) is 2. The predicted molar refractivity (Wildman–Crippen MR) is 95.1 cm³/mol. The van der Waals surface area contributed by atoms with Gasteiger partial charge in [0.15, 0.2) is 0 Å². The summed E-state index contributed by atoms with van der Waals surface area (Å²) in [6.07, 6.45) is 5.79. The van der Waals surface area contributed by atoms with Crippen molar-refractivity contribution in [2.45, 2.75) is 78.8 Å². The van der Waals surface area contributed by atoms with Gasteiger partial charge in [-0.2, -0.15) is 0 Å². The molecule has 2 aliphatic heterocycles. The lowest BCUT2D eigenvalue weighted by molar-refractivity contribution is 0.0629. The van der Waals surface area contributed by atoms with E-state index >= 15 is 0 Å². The molecule has 2 nitrogen and oxygen atoms in total. The van der Waals surface area contributed by atoms with Crippen LogP contribution < -0.4 is 0 Å². The maximum atomic E-state index is 2.87. The first-order valence-corrected chi connectivity index (χ1v) is 9.63. The van der Waals surface area contributed by atoms with Crippen LogP contribution in [0, 0.1) is 23.2 Å². The van der Waals surface area contributed by atoms with Crippen LogP contribution >= 0.6 is 0 Å². The number of fused-ring (bicyclic) bond motifs is 1. The summed E-state index contributed by atoms with van der Waals surface area (Å²) in [4.78, 5) is 5.60. The van der Waals surface area contributed by atoms with Crippen molar-refractivity contribution < 1.29 is 0 Å². The van der Waals surface area contributed by atoms with Gasteiger partial charge in [-0.05, 0) is 76.2 Å². The zero-order valence-corrected chi connectivity index (χ0v) is 15.9. The minimum atomic E-state index is 0.363. The van der Waals surface area contributed by atoms with Crippen LogP contribution in [0.2, 0.25) is 0 Å². The first-order valence-electron chi connectivity index (χ1n) is 9.63. The summed E-state index contributed by atoms with van der Waals surface area (Å²) in [5, 5.41) is 0. The molecule has 0 aromatic carbocycles. The van der Waals surface area contributed by atoms with Gasteiger partial charge >= 0.3 is 0 Å². The third-order valence-corrected chi connectivity index (χ3v) is 6.87. The molecule has 0 spiro atoms. The topological polar surface area (TPSA) is 6.48 Å². The van der Waals surface area contributed by atoms with E-state index in [0.29, 0.717) is 11.0 Å². The summed E-state index contributed by atoms with van der Waals surface area (Å²) >= 11 is 0. The van der Waals surface area contributed by atoms with Crippen molar-refractivity contribution in [3.8, 4) is 0 Å². The molecule has 3 rings (SSSR count). The van der Waals surface area contributed by atoms with Crippen LogP contribution in [0.5, 0.6) is 0 Å². The van der Waals surface area contributed by atoms with Gasteiger partial charge < -0.3 is 4.90 Å². The zero-order chi connectivity index (χ0) is 16.1. The van der Waals surface area contributed by atoms with Crippen LogP contribution in [-0.4, -0.2) is 47.6 Å². The minimum absolute atomic E-state index is 0.363. The monoisotopic (exact) mass is 306 g/mol. The van der Waals surface area contributed by atoms with Crippen LogP contribution in [0.3, 0.4) is 0 Å². The van der Waals surface area contributed by atoms with E-state index < -0.39 is 0 Å². The fraction of sp³-hybridized carbons (Fsp3) is 1.00. The van der Waals surface area contributed by atoms with Crippen LogP contribution in [0.4, 0.5) is 0 Å². The Morgan fingerprint density at radius 3 is 1.91 bits per heavy atom. The summed E-state index contributed by atoms with van der Waals surface area (Å²) in [6, 6.07) is 0.891. The average Bonchev–Trinajstić information content (AvgIpc) is 2.95. The molecule has 0 radical (unpaired) electrons. The van der Waals surface area contributed by atoms with Crippen molar-refractivity contribution >= 4 is 0 Å². The second-order valence-corrected chi connectivity index (χ2v) is 10.4. The molecule has 22 heavy (non-hydrogen) atoms. The molecule has 0 bridgehead atoms. The molecule has 0 aromatic rings. The second-order valence-electron chi connectivity index (χ2n) is 10.4. The Kier molecular flexibility index (Phi) is 4.40. The molecule has 128 valence electrons. The highest BCUT2D eigenvalue weighted by atomic mass is 15.2. The van der Waals surface area contributed by atoms with Crippen molar-refractivity contribution in [2.24, 2.45) is 23.2 Å². The number of rotatable bonds is 1. The molecular formula is C20H38N2. The third-order valence-electron chi connectivity index (χ3n) is 6.87. The van der Waals surface area contributed by atoms with Crippen molar-refractivity contribution in [2.75, 3.05) is 26.2 Å². The first-order chi connectivity index (χ1) is 10.1. The Morgan fingerprint density at radius 1 is 0.818 bits per heavy atom. The van der Waals surface area contributed by atoms with Crippen molar-refractivity contribution in [1.29, 1.82) is 0 Å². The Bertz CT molecular complexity index is 375. The van der Waals surface area contributed by atoms with Crippen LogP contribution in [0.15, 0.2) is 0 Å². The Balaban J connectivity index is 1.57. The Labute approximate surface area is 138 Å². The lowest BCUT2D eigenvalue weighted by atomic mass is 9.76. The second kappa shape index (κ2) is 5.77. The molecule has 3 atom stereocenters. The van der Waals surface area contributed by atoms with E-state index in [0.717, 1.165) is 23.8 Å². The van der Waals surface area contributed by atoms with E-state index in [1.807, 2.05) is 0 Å². The molecule has 3 unspecified atom stereocenters. The SMILES string of the molecule is CC(C)(C)C1CCCN(C2CC3CN(C(C)(C)C)CC3C2)C1. The van der Waals surface area contributed by atoms with Gasteiger partial charge in [-0.1, -0.05) is 20.8 Å². The minimum Gasteiger partial charge on any atom is -0.300 e. The standard InChI is InChI=1S/C20H38N2/c1-19(2,3)17-8-7-9-21(14-17)18-10-15-12-22(20(4,5)6)13-16(15)11-18/h15-18H,7-14H2,1-6H3. The normalized spacial score (nSPS) is 38.5. The summed E-state index contributed by atoms with van der Waals surface area (Å²) in [7, 11) is 0. The van der Waals surface area contributed by atoms with Gasteiger partial charge in [0.1, 0.15) is 0 Å².